The first-order chi connectivity index (χ1) is 18.6. The van der Waals surface area contributed by atoms with Gasteiger partial charge in [-0.1, -0.05) is 32.0 Å². The third-order valence-electron chi connectivity index (χ3n) is 7.18. The van der Waals surface area contributed by atoms with Gasteiger partial charge in [0.25, 0.3) is 0 Å². The van der Waals surface area contributed by atoms with Gasteiger partial charge in [-0.15, -0.1) is 0 Å². The number of piperidine rings is 1. The summed E-state index contributed by atoms with van der Waals surface area (Å²) in [4.78, 5) is 16.9. The number of amides is 1. The molecule has 3 heterocycles. The number of aryl methyl sites for hydroxylation is 1. The zero-order valence-electron chi connectivity index (χ0n) is 23.4. The van der Waals surface area contributed by atoms with Crippen LogP contribution >= 0.6 is 0 Å². The third-order valence-corrected chi connectivity index (χ3v) is 8.00. The standard InChI is InChI=1S/C29H38N4O5Si/c1-29(2,3)27(38-39(4)5)25-24(36-18-20-6-8-21(16-30)31-17-20)11-9-22-23(32-37-26(22)25)10-7-19-12-14-33(15-13-19)28(34)35/h6,8-9,11,17,19,27,39H,7,10,12-15,18H2,1-5H3,(H,34,35). The fourth-order valence-electron chi connectivity index (χ4n) is 5.08. The van der Waals surface area contributed by atoms with Gasteiger partial charge in [-0.25, -0.2) is 9.78 Å². The summed E-state index contributed by atoms with van der Waals surface area (Å²) in [5.41, 5.74) is 3.48. The predicted molar refractivity (Wildman–Crippen MR) is 150 cm³/mol. The van der Waals surface area contributed by atoms with Crippen LogP contribution in [0.3, 0.4) is 0 Å². The highest BCUT2D eigenvalue weighted by Gasteiger charge is 2.34. The third kappa shape index (κ3) is 6.97. The lowest BCUT2D eigenvalue weighted by atomic mass is 9.83. The van der Waals surface area contributed by atoms with E-state index in [0.29, 0.717) is 42.6 Å². The molecule has 2 aromatic heterocycles. The second kappa shape index (κ2) is 12.2. The lowest BCUT2D eigenvalue weighted by Gasteiger charge is -2.33. The predicted octanol–water partition coefficient (Wildman–Crippen LogP) is 6.08. The van der Waals surface area contributed by atoms with Crippen molar-refractivity contribution < 1.29 is 23.6 Å². The fourth-order valence-corrected chi connectivity index (χ4v) is 6.17. The Kier molecular flexibility index (Phi) is 8.93. The van der Waals surface area contributed by atoms with E-state index in [0.717, 1.165) is 47.9 Å². The van der Waals surface area contributed by atoms with E-state index in [1.165, 1.54) is 4.90 Å². The zero-order chi connectivity index (χ0) is 28.2. The van der Waals surface area contributed by atoms with Crippen LogP contribution in [0.25, 0.3) is 11.0 Å². The Bertz CT molecular complexity index is 1320. The van der Waals surface area contributed by atoms with E-state index in [-0.39, 0.29) is 11.5 Å². The van der Waals surface area contributed by atoms with Gasteiger partial charge in [-0.3, -0.25) is 0 Å². The van der Waals surface area contributed by atoms with Crippen molar-refractivity contribution in [3.63, 3.8) is 0 Å². The first-order valence-electron chi connectivity index (χ1n) is 13.6. The molecular formula is C29H38N4O5Si. The number of pyridine rings is 1. The monoisotopic (exact) mass is 550 g/mol. The summed E-state index contributed by atoms with van der Waals surface area (Å²) in [6, 6.07) is 9.55. The van der Waals surface area contributed by atoms with Crippen LogP contribution in [0.5, 0.6) is 5.75 Å². The van der Waals surface area contributed by atoms with E-state index in [2.05, 4.69) is 44.0 Å². The number of hydrogen-bond acceptors (Lipinski definition) is 7. The second-order valence-electron chi connectivity index (χ2n) is 11.6. The number of ether oxygens (including phenoxy) is 1. The minimum Gasteiger partial charge on any atom is -0.488 e. The second-order valence-corrected chi connectivity index (χ2v) is 14.0. The van der Waals surface area contributed by atoms with Crippen molar-refractivity contribution in [3.8, 4) is 11.8 Å². The number of carbonyl (C=O) groups is 1. The maximum absolute atomic E-state index is 11.2. The lowest BCUT2D eigenvalue weighted by Crippen LogP contribution is -2.37. The topological polar surface area (TPSA) is 122 Å². The first-order valence-corrected chi connectivity index (χ1v) is 16.4. The van der Waals surface area contributed by atoms with Crippen LogP contribution in [0.1, 0.15) is 68.7 Å². The normalized spacial score (nSPS) is 15.5. The molecule has 1 atom stereocenters. The molecule has 10 heteroatoms. The summed E-state index contributed by atoms with van der Waals surface area (Å²) >= 11 is 0. The molecule has 1 aliphatic heterocycles. The lowest BCUT2D eigenvalue weighted by molar-refractivity contribution is 0.0831. The van der Waals surface area contributed by atoms with E-state index in [9.17, 15) is 9.90 Å². The summed E-state index contributed by atoms with van der Waals surface area (Å²) in [5, 5.41) is 23.7. The van der Waals surface area contributed by atoms with Crippen molar-refractivity contribution in [2.75, 3.05) is 13.1 Å². The quantitative estimate of drug-likeness (QED) is 0.318. The average molecular weight is 551 g/mol. The molecule has 39 heavy (non-hydrogen) atoms. The van der Waals surface area contributed by atoms with Gasteiger partial charge in [-0.05, 0) is 68.3 Å². The Hall–Kier alpha value is -3.42. The van der Waals surface area contributed by atoms with Gasteiger partial charge in [0.15, 0.2) is 14.6 Å². The van der Waals surface area contributed by atoms with Gasteiger partial charge >= 0.3 is 6.09 Å². The molecule has 4 rings (SSSR count). The SMILES string of the molecule is C[SiH](C)OC(c1c(OCc2ccc(C#N)nc2)ccc2c(CCC3CCN(C(=O)O)CC3)noc12)C(C)(C)C. The molecule has 1 unspecified atom stereocenters. The molecule has 1 amide bonds. The molecule has 9 nitrogen and oxygen atoms in total. The molecule has 0 aliphatic carbocycles. The number of rotatable bonds is 9. The molecule has 0 bridgehead atoms. The van der Waals surface area contributed by atoms with E-state index in [1.54, 1.807) is 12.3 Å². The number of fused-ring (bicyclic) bond motifs is 1. The zero-order valence-corrected chi connectivity index (χ0v) is 24.6. The molecule has 3 aromatic rings. The highest BCUT2D eigenvalue weighted by molar-refractivity contribution is 6.48. The number of hydrogen-bond donors (Lipinski definition) is 1. The van der Waals surface area contributed by atoms with Crippen LogP contribution in [0.15, 0.2) is 35.0 Å². The molecule has 208 valence electrons. The van der Waals surface area contributed by atoms with Gasteiger partial charge < -0.3 is 23.7 Å². The molecule has 0 spiro atoms. The van der Waals surface area contributed by atoms with Crippen LogP contribution < -0.4 is 4.74 Å². The Labute approximate surface area is 231 Å². The number of benzene rings is 1. The highest BCUT2D eigenvalue weighted by Crippen LogP contribution is 2.45. The number of nitriles is 1. The number of carboxylic acid groups (broad SMARTS) is 1. The number of nitrogens with zero attached hydrogens (tertiary/aromatic N) is 4. The Morgan fingerprint density at radius 3 is 2.59 bits per heavy atom. The minimum absolute atomic E-state index is 0.218. The minimum atomic E-state index is -1.43. The van der Waals surface area contributed by atoms with Crippen LogP contribution in [-0.4, -0.2) is 48.4 Å². The summed E-state index contributed by atoms with van der Waals surface area (Å²) in [6.07, 6.45) is 4.01. The maximum atomic E-state index is 11.2. The summed E-state index contributed by atoms with van der Waals surface area (Å²) in [7, 11) is -1.43. The van der Waals surface area contributed by atoms with Crippen LogP contribution in [0.4, 0.5) is 4.79 Å². The highest BCUT2D eigenvalue weighted by atomic mass is 28.3. The smallest absolute Gasteiger partial charge is 0.407 e. The molecular weight excluding hydrogens is 512 g/mol. The average Bonchev–Trinajstić information content (AvgIpc) is 3.32. The van der Waals surface area contributed by atoms with Crippen LogP contribution in [0, 0.1) is 22.7 Å². The van der Waals surface area contributed by atoms with E-state index in [4.69, 9.17) is 18.9 Å². The van der Waals surface area contributed by atoms with Crippen molar-refractivity contribution in [2.45, 2.75) is 72.3 Å². The van der Waals surface area contributed by atoms with E-state index in [1.807, 2.05) is 24.3 Å². The largest absolute Gasteiger partial charge is 0.488 e. The van der Waals surface area contributed by atoms with Gasteiger partial charge in [0.1, 0.15) is 24.1 Å². The summed E-state index contributed by atoms with van der Waals surface area (Å²) in [5.74, 6) is 1.15. The molecule has 1 saturated heterocycles. The molecule has 1 N–H and O–H groups in total. The van der Waals surface area contributed by atoms with Gasteiger partial charge in [0, 0.05) is 30.2 Å². The van der Waals surface area contributed by atoms with Gasteiger partial charge in [0.2, 0.25) is 0 Å². The number of likely N-dealkylation sites (tertiary alicyclic amines) is 1. The molecule has 1 fully saturated rings. The molecule has 0 radical (unpaired) electrons. The molecule has 1 aromatic carbocycles. The van der Waals surface area contributed by atoms with Crippen molar-refractivity contribution >= 4 is 26.1 Å². The van der Waals surface area contributed by atoms with Crippen LogP contribution in [0.2, 0.25) is 13.1 Å². The first kappa shape index (κ1) is 28.6. The Balaban J connectivity index is 1.62. The van der Waals surface area contributed by atoms with Crippen molar-refractivity contribution in [1.82, 2.24) is 15.0 Å². The van der Waals surface area contributed by atoms with Gasteiger partial charge in [-0.2, -0.15) is 5.26 Å². The van der Waals surface area contributed by atoms with Gasteiger partial charge in [0.05, 0.1) is 17.4 Å². The van der Waals surface area contributed by atoms with Crippen molar-refractivity contribution in [1.29, 1.82) is 5.26 Å². The summed E-state index contributed by atoms with van der Waals surface area (Å²) < 4.78 is 18.9. The van der Waals surface area contributed by atoms with Crippen molar-refractivity contribution in [2.24, 2.45) is 11.3 Å². The number of aromatic nitrogens is 2. The maximum Gasteiger partial charge on any atom is 0.407 e. The Morgan fingerprint density at radius 2 is 2.00 bits per heavy atom. The molecule has 0 saturated carbocycles. The molecule has 1 aliphatic rings. The van der Waals surface area contributed by atoms with E-state index >= 15 is 0 Å². The van der Waals surface area contributed by atoms with Crippen LogP contribution in [-0.2, 0) is 17.5 Å². The van der Waals surface area contributed by atoms with Crippen molar-refractivity contribution in [3.05, 3.63) is 53.0 Å². The fraction of sp³-hybridized carbons (Fsp3) is 0.517. The Morgan fingerprint density at radius 1 is 1.26 bits per heavy atom. The van der Waals surface area contributed by atoms with E-state index < -0.39 is 15.1 Å². The summed E-state index contributed by atoms with van der Waals surface area (Å²) in [6.45, 7) is 12.2.